The van der Waals surface area contributed by atoms with Crippen LogP contribution in [-0.2, 0) is 9.84 Å². The second-order valence-electron chi connectivity index (χ2n) is 6.85. The smallest absolute Gasteiger partial charge is 0.321 e. The van der Waals surface area contributed by atoms with Crippen LogP contribution in [0.4, 0.5) is 4.79 Å². The van der Waals surface area contributed by atoms with Crippen LogP contribution in [0, 0.1) is 6.92 Å². The van der Waals surface area contributed by atoms with E-state index in [1.165, 1.54) is 4.90 Å². The summed E-state index contributed by atoms with van der Waals surface area (Å²) < 4.78 is 26.3. The van der Waals surface area contributed by atoms with Gasteiger partial charge >= 0.3 is 6.03 Å². The summed E-state index contributed by atoms with van der Waals surface area (Å²) in [6.45, 7) is 5.45. The fraction of sp³-hybridized carbons (Fsp3) is 0.350. The number of benzene rings is 2. The van der Waals surface area contributed by atoms with E-state index >= 15 is 0 Å². The van der Waals surface area contributed by atoms with Gasteiger partial charge in [0.05, 0.1) is 17.0 Å². The lowest BCUT2D eigenvalue weighted by Crippen LogP contribution is -2.42. The van der Waals surface area contributed by atoms with E-state index in [-0.39, 0.29) is 23.0 Å². The highest BCUT2D eigenvalue weighted by Crippen LogP contribution is 2.38. The summed E-state index contributed by atoms with van der Waals surface area (Å²) >= 11 is 0. The fourth-order valence-corrected chi connectivity index (χ4v) is 4.89. The molecule has 1 saturated heterocycles. The third kappa shape index (κ3) is 2.98. The Morgan fingerprint density at radius 2 is 1.58 bits per heavy atom. The van der Waals surface area contributed by atoms with Crippen molar-refractivity contribution in [3.63, 3.8) is 0 Å². The average Bonchev–Trinajstić information content (AvgIpc) is 2.86. The van der Waals surface area contributed by atoms with Gasteiger partial charge in [0.1, 0.15) is 5.37 Å². The van der Waals surface area contributed by atoms with Crippen molar-refractivity contribution in [3.8, 4) is 0 Å². The second-order valence-corrected chi connectivity index (χ2v) is 9.10. The first-order valence-corrected chi connectivity index (χ1v) is 10.2. The molecular weight excluding hydrogens is 348 g/mol. The van der Waals surface area contributed by atoms with Gasteiger partial charge in [-0.05, 0) is 38.5 Å². The molecule has 3 rings (SSSR count). The van der Waals surface area contributed by atoms with Crippen molar-refractivity contribution in [2.45, 2.75) is 43.1 Å². The zero-order valence-corrected chi connectivity index (χ0v) is 16.3. The predicted molar refractivity (Wildman–Crippen MR) is 101 cm³/mol. The average molecular weight is 372 g/mol. The molecule has 6 heteroatoms. The van der Waals surface area contributed by atoms with Crippen LogP contribution in [0.2, 0.25) is 0 Å². The van der Waals surface area contributed by atoms with Crippen LogP contribution < -0.4 is 0 Å². The molecule has 0 saturated carbocycles. The monoisotopic (exact) mass is 372 g/mol. The Morgan fingerprint density at radius 3 is 2.15 bits per heavy atom. The van der Waals surface area contributed by atoms with Crippen molar-refractivity contribution >= 4 is 15.9 Å². The SMILES string of the molecule is Cc1ccc(S(=O)(=O)[C@@H](C)N2C(=O)N(C)[C@@H](C)[C@@H]2c2ccccc2)cc1. The number of amides is 2. The number of rotatable bonds is 4. The predicted octanol–water partition coefficient (Wildman–Crippen LogP) is 3.61. The minimum atomic E-state index is -3.68. The largest absolute Gasteiger partial charge is 0.323 e. The molecule has 26 heavy (non-hydrogen) atoms. The molecule has 2 amide bonds. The first kappa shape index (κ1) is 18.5. The molecule has 1 fully saturated rings. The zero-order chi connectivity index (χ0) is 19.1. The van der Waals surface area contributed by atoms with Crippen molar-refractivity contribution in [1.29, 1.82) is 0 Å². The van der Waals surface area contributed by atoms with Gasteiger partial charge in [0.25, 0.3) is 0 Å². The Hall–Kier alpha value is -2.34. The zero-order valence-electron chi connectivity index (χ0n) is 15.5. The molecule has 0 radical (unpaired) electrons. The minimum Gasteiger partial charge on any atom is -0.323 e. The maximum atomic E-state index is 13.2. The number of sulfone groups is 1. The number of carbonyl (C=O) groups is 1. The highest BCUT2D eigenvalue weighted by atomic mass is 32.2. The molecule has 0 bridgehead atoms. The number of urea groups is 1. The highest BCUT2D eigenvalue weighted by Gasteiger charge is 2.47. The van der Waals surface area contributed by atoms with Gasteiger partial charge in [-0.2, -0.15) is 0 Å². The van der Waals surface area contributed by atoms with Gasteiger partial charge in [0, 0.05) is 7.05 Å². The lowest BCUT2D eigenvalue weighted by atomic mass is 10.0. The molecule has 5 nitrogen and oxygen atoms in total. The molecule has 1 aliphatic heterocycles. The molecule has 0 spiro atoms. The van der Waals surface area contributed by atoms with Crippen molar-refractivity contribution in [3.05, 3.63) is 65.7 Å². The molecule has 138 valence electrons. The molecule has 3 atom stereocenters. The maximum absolute atomic E-state index is 13.2. The van der Waals surface area contributed by atoms with Crippen LogP contribution >= 0.6 is 0 Å². The molecule has 2 aromatic carbocycles. The van der Waals surface area contributed by atoms with Crippen LogP contribution in [-0.4, -0.2) is 42.7 Å². The van der Waals surface area contributed by atoms with Crippen molar-refractivity contribution in [1.82, 2.24) is 9.80 Å². The van der Waals surface area contributed by atoms with E-state index in [1.54, 1.807) is 43.1 Å². The fourth-order valence-electron chi connectivity index (χ4n) is 3.46. The molecular formula is C20H24N2O3S. The van der Waals surface area contributed by atoms with Crippen LogP contribution in [0.25, 0.3) is 0 Å². The highest BCUT2D eigenvalue weighted by molar-refractivity contribution is 7.92. The van der Waals surface area contributed by atoms with Crippen molar-refractivity contribution in [2.75, 3.05) is 7.05 Å². The third-order valence-electron chi connectivity index (χ3n) is 5.22. The summed E-state index contributed by atoms with van der Waals surface area (Å²) in [5.41, 5.74) is 1.92. The second kappa shape index (κ2) is 6.76. The Kier molecular flexibility index (Phi) is 4.80. The molecule has 1 aliphatic rings. The topological polar surface area (TPSA) is 57.7 Å². The summed E-state index contributed by atoms with van der Waals surface area (Å²) in [5.74, 6) is 0. The summed E-state index contributed by atoms with van der Waals surface area (Å²) in [4.78, 5) is 16.2. The van der Waals surface area contributed by atoms with E-state index in [9.17, 15) is 13.2 Å². The number of hydrogen-bond donors (Lipinski definition) is 0. The number of likely N-dealkylation sites (N-methyl/N-ethyl adjacent to an activating group) is 1. The van der Waals surface area contributed by atoms with Crippen LogP contribution in [0.15, 0.2) is 59.5 Å². The number of aryl methyl sites for hydroxylation is 1. The summed E-state index contributed by atoms with van der Waals surface area (Å²) in [6, 6.07) is 15.6. The molecule has 0 unspecified atom stereocenters. The molecule has 1 heterocycles. The first-order valence-electron chi connectivity index (χ1n) is 8.66. The van der Waals surface area contributed by atoms with Gasteiger partial charge < -0.3 is 4.90 Å². The Labute approximate surface area is 155 Å². The number of carbonyl (C=O) groups excluding carboxylic acids is 1. The van der Waals surface area contributed by atoms with E-state index in [4.69, 9.17) is 0 Å². The van der Waals surface area contributed by atoms with Crippen LogP contribution in [0.3, 0.4) is 0 Å². The van der Waals surface area contributed by atoms with Crippen LogP contribution in [0.5, 0.6) is 0 Å². The van der Waals surface area contributed by atoms with Gasteiger partial charge in [-0.25, -0.2) is 13.2 Å². The van der Waals surface area contributed by atoms with Gasteiger partial charge in [0.15, 0.2) is 9.84 Å². The molecule has 2 aromatic rings. The van der Waals surface area contributed by atoms with Gasteiger partial charge in [-0.3, -0.25) is 4.90 Å². The van der Waals surface area contributed by atoms with Crippen molar-refractivity contribution in [2.24, 2.45) is 0 Å². The number of nitrogens with zero attached hydrogens (tertiary/aromatic N) is 2. The van der Waals surface area contributed by atoms with Gasteiger partial charge in [-0.1, -0.05) is 48.0 Å². The first-order chi connectivity index (χ1) is 12.2. The Bertz CT molecular complexity index is 894. The lowest BCUT2D eigenvalue weighted by molar-refractivity contribution is 0.187. The maximum Gasteiger partial charge on any atom is 0.321 e. The van der Waals surface area contributed by atoms with E-state index in [2.05, 4.69) is 0 Å². The Morgan fingerprint density at radius 1 is 1.00 bits per heavy atom. The molecule has 0 aromatic heterocycles. The third-order valence-corrected chi connectivity index (χ3v) is 7.28. The summed E-state index contributed by atoms with van der Waals surface area (Å²) in [5, 5.41) is -0.963. The number of hydrogen-bond acceptors (Lipinski definition) is 3. The molecule has 0 aliphatic carbocycles. The van der Waals surface area contributed by atoms with Gasteiger partial charge in [0.2, 0.25) is 0 Å². The van der Waals surface area contributed by atoms with E-state index in [0.29, 0.717) is 0 Å². The lowest BCUT2D eigenvalue weighted by Gasteiger charge is -2.30. The van der Waals surface area contributed by atoms with Gasteiger partial charge in [-0.15, -0.1) is 0 Å². The normalized spacial score (nSPS) is 21.9. The summed E-state index contributed by atoms with van der Waals surface area (Å²) in [6.07, 6.45) is 0. The van der Waals surface area contributed by atoms with Crippen LogP contribution in [0.1, 0.15) is 31.0 Å². The Balaban J connectivity index is 2.04. The quantitative estimate of drug-likeness (QED) is 0.824. The standard InChI is InChI=1S/C20H24N2O3S/c1-14-10-12-18(13-11-14)26(24,25)16(3)22-19(15(2)21(4)20(22)23)17-8-6-5-7-9-17/h5-13,15-16,19H,1-4H3/t15-,16-,19+/m0/s1. The molecule has 0 N–H and O–H groups in total. The van der Waals surface area contributed by atoms with E-state index < -0.39 is 15.2 Å². The minimum absolute atomic E-state index is 0.124. The summed E-state index contributed by atoms with van der Waals surface area (Å²) in [7, 11) is -1.96. The van der Waals surface area contributed by atoms with E-state index in [0.717, 1.165) is 11.1 Å². The van der Waals surface area contributed by atoms with Crippen molar-refractivity contribution < 1.29 is 13.2 Å². The van der Waals surface area contributed by atoms with E-state index in [1.807, 2.05) is 44.2 Å².